The fourth-order valence-electron chi connectivity index (χ4n) is 1.93. The molecule has 7 heteroatoms. The number of carboxylic acids is 1. The van der Waals surface area contributed by atoms with Crippen molar-refractivity contribution < 1.29 is 14.7 Å². The van der Waals surface area contributed by atoms with E-state index in [1.54, 1.807) is 24.0 Å². The van der Waals surface area contributed by atoms with Crippen LogP contribution in [0.1, 0.15) is 12.8 Å². The number of aryl methyl sites for hydroxylation is 1. The van der Waals surface area contributed by atoms with Gasteiger partial charge in [0.25, 0.3) is 0 Å². The number of urea groups is 1. The first kappa shape index (κ1) is 11.4. The first-order valence-corrected chi connectivity index (χ1v) is 5.38. The van der Waals surface area contributed by atoms with Gasteiger partial charge >= 0.3 is 12.0 Å². The van der Waals surface area contributed by atoms with Gasteiger partial charge in [0.15, 0.2) is 5.82 Å². The number of amides is 2. The van der Waals surface area contributed by atoms with E-state index in [9.17, 15) is 9.59 Å². The van der Waals surface area contributed by atoms with E-state index in [4.69, 9.17) is 5.11 Å². The summed E-state index contributed by atoms with van der Waals surface area (Å²) in [5, 5.41) is 15.5. The predicted octanol–water partition coefficient (Wildman–Crippen LogP) is 0.501. The standard InChI is InChI=1S/C10H14N4O3/c1-13-6-4-8(12-13)11-10(17)14-5-2-3-7(14)9(15)16/h4,6-7H,2-3,5H2,1H3,(H,15,16)(H,11,12,17)/t7-/m1/s1. The summed E-state index contributed by atoms with van der Waals surface area (Å²) in [6.45, 7) is 0.468. The molecule has 1 saturated heterocycles. The molecular weight excluding hydrogens is 224 g/mol. The van der Waals surface area contributed by atoms with E-state index in [1.165, 1.54) is 4.90 Å². The number of nitrogens with one attached hydrogen (secondary N) is 1. The number of rotatable bonds is 2. The summed E-state index contributed by atoms with van der Waals surface area (Å²) in [7, 11) is 1.74. The van der Waals surface area contributed by atoms with Gasteiger partial charge in [-0.15, -0.1) is 0 Å². The highest BCUT2D eigenvalue weighted by molar-refractivity contribution is 5.91. The lowest BCUT2D eigenvalue weighted by Crippen LogP contribution is -2.42. The Hall–Kier alpha value is -2.05. The third-order valence-corrected chi connectivity index (χ3v) is 2.75. The Morgan fingerprint density at radius 3 is 2.94 bits per heavy atom. The van der Waals surface area contributed by atoms with E-state index in [0.29, 0.717) is 25.2 Å². The number of anilines is 1. The predicted molar refractivity (Wildman–Crippen MR) is 59.6 cm³/mol. The second-order valence-electron chi connectivity index (χ2n) is 3.99. The maximum absolute atomic E-state index is 11.8. The smallest absolute Gasteiger partial charge is 0.326 e. The normalized spacial score (nSPS) is 19.4. The third kappa shape index (κ3) is 2.38. The second-order valence-corrected chi connectivity index (χ2v) is 3.99. The Balaban J connectivity index is 2.02. The average Bonchev–Trinajstić information content (AvgIpc) is 2.86. The molecule has 2 heterocycles. The highest BCUT2D eigenvalue weighted by Gasteiger charge is 2.34. The zero-order chi connectivity index (χ0) is 12.4. The van der Waals surface area contributed by atoms with E-state index < -0.39 is 18.0 Å². The minimum atomic E-state index is -0.960. The number of carboxylic acid groups (broad SMARTS) is 1. The van der Waals surface area contributed by atoms with Crippen molar-refractivity contribution in [3.8, 4) is 0 Å². The summed E-state index contributed by atoms with van der Waals surface area (Å²) < 4.78 is 1.56. The molecule has 92 valence electrons. The number of likely N-dealkylation sites (tertiary alicyclic amines) is 1. The van der Waals surface area contributed by atoms with Crippen LogP contribution < -0.4 is 5.32 Å². The van der Waals surface area contributed by atoms with Crippen LogP contribution in [0.15, 0.2) is 12.3 Å². The highest BCUT2D eigenvalue weighted by atomic mass is 16.4. The molecule has 0 spiro atoms. The highest BCUT2D eigenvalue weighted by Crippen LogP contribution is 2.18. The quantitative estimate of drug-likeness (QED) is 0.785. The Bertz CT molecular complexity index is 443. The van der Waals surface area contributed by atoms with Crippen molar-refractivity contribution in [2.45, 2.75) is 18.9 Å². The minimum Gasteiger partial charge on any atom is -0.480 e. The number of carbonyl (C=O) groups is 2. The first-order valence-electron chi connectivity index (χ1n) is 5.38. The summed E-state index contributed by atoms with van der Waals surface area (Å²) in [4.78, 5) is 24.1. The van der Waals surface area contributed by atoms with Crippen LogP contribution in [0.4, 0.5) is 10.6 Å². The van der Waals surface area contributed by atoms with Crippen LogP contribution in [0, 0.1) is 0 Å². The lowest BCUT2D eigenvalue weighted by atomic mass is 10.2. The fourth-order valence-corrected chi connectivity index (χ4v) is 1.93. The molecule has 0 aromatic carbocycles. The second kappa shape index (κ2) is 4.44. The summed E-state index contributed by atoms with van der Waals surface area (Å²) >= 11 is 0. The Morgan fingerprint density at radius 2 is 2.35 bits per heavy atom. The van der Waals surface area contributed by atoms with Crippen LogP contribution in [0.2, 0.25) is 0 Å². The largest absolute Gasteiger partial charge is 0.480 e. The number of nitrogens with zero attached hydrogens (tertiary/aromatic N) is 3. The van der Waals surface area contributed by atoms with E-state index in [2.05, 4.69) is 10.4 Å². The van der Waals surface area contributed by atoms with Crippen molar-refractivity contribution in [3.05, 3.63) is 12.3 Å². The number of hydrogen-bond donors (Lipinski definition) is 2. The maximum Gasteiger partial charge on any atom is 0.326 e. The summed E-state index contributed by atoms with van der Waals surface area (Å²) in [5.74, 6) is -0.535. The molecule has 0 bridgehead atoms. The molecule has 1 aromatic rings. The van der Waals surface area contributed by atoms with Crippen LogP contribution in [0.3, 0.4) is 0 Å². The number of aliphatic carboxylic acids is 1. The van der Waals surface area contributed by atoms with Crippen LogP contribution in [-0.2, 0) is 11.8 Å². The molecule has 0 radical (unpaired) electrons. The van der Waals surface area contributed by atoms with Gasteiger partial charge in [-0.1, -0.05) is 0 Å². The molecule has 0 unspecified atom stereocenters. The zero-order valence-electron chi connectivity index (χ0n) is 9.46. The molecule has 0 aliphatic carbocycles. The molecule has 1 aromatic heterocycles. The summed E-state index contributed by atoms with van der Waals surface area (Å²) in [6, 6.07) is 0.524. The van der Waals surface area contributed by atoms with Crippen molar-refractivity contribution in [1.82, 2.24) is 14.7 Å². The fraction of sp³-hybridized carbons (Fsp3) is 0.500. The van der Waals surface area contributed by atoms with E-state index >= 15 is 0 Å². The van der Waals surface area contributed by atoms with Gasteiger partial charge in [0.05, 0.1) is 0 Å². The Morgan fingerprint density at radius 1 is 1.59 bits per heavy atom. The lowest BCUT2D eigenvalue weighted by Gasteiger charge is -2.20. The molecule has 1 aliphatic rings. The monoisotopic (exact) mass is 238 g/mol. The van der Waals surface area contributed by atoms with Gasteiger partial charge in [-0.05, 0) is 12.8 Å². The zero-order valence-corrected chi connectivity index (χ0v) is 9.46. The number of aromatic nitrogens is 2. The van der Waals surface area contributed by atoms with Crippen LogP contribution in [0.25, 0.3) is 0 Å². The molecule has 2 amide bonds. The van der Waals surface area contributed by atoms with E-state index in [0.717, 1.165) is 0 Å². The van der Waals surface area contributed by atoms with Gasteiger partial charge in [0, 0.05) is 25.9 Å². The molecular formula is C10H14N4O3. The van der Waals surface area contributed by atoms with E-state index in [-0.39, 0.29) is 0 Å². The van der Waals surface area contributed by atoms with Crippen LogP contribution in [-0.4, -0.2) is 44.4 Å². The summed E-state index contributed by atoms with van der Waals surface area (Å²) in [6.07, 6.45) is 2.92. The lowest BCUT2D eigenvalue weighted by molar-refractivity contribution is -0.141. The van der Waals surface area contributed by atoms with Crippen molar-refractivity contribution in [2.75, 3.05) is 11.9 Å². The molecule has 2 rings (SSSR count). The first-order chi connectivity index (χ1) is 8.08. The molecule has 0 saturated carbocycles. The van der Waals surface area contributed by atoms with Gasteiger partial charge in [-0.25, -0.2) is 9.59 Å². The SMILES string of the molecule is Cn1ccc(NC(=O)N2CCC[C@@H]2C(=O)O)n1. The molecule has 1 atom stereocenters. The minimum absolute atomic E-state index is 0.409. The third-order valence-electron chi connectivity index (χ3n) is 2.75. The van der Waals surface area contributed by atoms with Gasteiger partial charge in [-0.3, -0.25) is 10.00 Å². The molecule has 7 nitrogen and oxygen atoms in total. The van der Waals surface area contributed by atoms with Crippen LogP contribution >= 0.6 is 0 Å². The average molecular weight is 238 g/mol. The Labute approximate surface area is 98.0 Å². The molecule has 1 aliphatic heterocycles. The van der Waals surface area contributed by atoms with Gasteiger partial charge < -0.3 is 10.0 Å². The van der Waals surface area contributed by atoms with Crippen molar-refractivity contribution in [3.63, 3.8) is 0 Å². The van der Waals surface area contributed by atoms with Crippen molar-refractivity contribution >= 4 is 17.8 Å². The van der Waals surface area contributed by atoms with Gasteiger partial charge in [-0.2, -0.15) is 5.10 Å². The number of carbonyl (C=O) groups excluding carboxylic acids is 1. The van der Waals surface area contributed by atoms with Crippen LogP contribution in [0.5, 0.6) is 0 Å². The topological polar surface area (TPSA) is 87.5 Å². The van der Waals surface area contributed by atoms with Crippen molar-refractivity contribution in [2.24, 2.45) is 7.05 Å². The molecule has 1 fully saturated rings. The molecule has 2 N–H and O–H groups in total. The van der Waals surface area contributed by atoms with Crippen molar-refractivity contribution in [1.29, 1.82) is 0 Å². The number of hydrogen-bond acceptors (Lipinski definition) is 3. The van der Waals surface area contributed by atoms with E-state index in [1.807, 2.05) is 0 Å². The van der Waals surface area contributed by atoms with Gasteiger partial charge in [0.2, 0.25) is 0 Å². The summed E-state index contributed by atoms with van der Waals surface area (Å²) in [5.41, 5.74) is 0. The maximum atomic E-state index is 11.8. The Kier molecular flexibility index (Phi) is 2.99. The molecule has 17 heavy (non-hydrogen) atoms. The van der Waals surface area contributed by atoms with Gasteiger partial charge in [0.1, 0.15) is 6.04 Å².